The van der Waals surface area contributed by atoms with E-state index in [1.807, 2.05) is 0 Å². The maximum absolute atomic E-state index is 13.6. The summed E-state index contributed by atoms with van der Waals surface area (Å²) in [7, 11) is 3.15. The molecule has 0 heterocycles. The maximum Gasteiger partial charge on any atom is 0.387 e. The number of anilines is 1. The van der Waals surface area contributed by atoms with E-state index in [2.05, 4.69) is 20.4 Å². The number of hydrogen-bond acceptors (Lipinski definition) is 3. The number of ether oxygens (including phenoxy) is 1. The van der Waals surface area contributed by atoms with Crippen molar-refractivity contribution in [3.63, 3.8) is 0 Å². The highest BCUT2D eigenvalue weighted by Crippen LogP contribution is 2.19. The Morgan fingerprint density at radius 1 is 1.10 bits per heavy atom. The van der Waals surface area contributed by atoms with E-state index in [0.29, 0.717) is 18.6 Å². The fourth-order valence-corrected chi connectivity index (χ4v) is 2.49. The topological polar surface area (TPSA) is 66.0 Å². The number of aliphatic imine (C=N–C) groups is 1. The van der Waals surface area contributed by atoms with Crippen LogP contribution in [0.15, 0.2) is 41.4 Å². The first-order valence-corrected chi connectivity index (χ1v) is 8.60. The highest BCUT2D eigenvalue weighted by atomic mass is 127. The van der Waals surface area contributed by atoms with Crippen molar-refractivity contribution in [3.05, 3.63) is 59.4 Å². The lowest BCUT2D eigenvalue weighted by molar-refractivity contribution is -0.115. The minimum atomic E-state index is -2.91. The molecule has 0 atom stereocenters. The van der Waals surface area contributed by atoms with Crippen LogP contribution in [0.5, 0.6) is 5.75 Å². The summed E-state index contributed by atoms with van der Waals surface area (Å²) in [5, 5.41) is 4.88. The van der Waals surface area contributed by atoms with Gasteiger partial charge in [0.2, 0.25) is 5.91 Å². The molecule has 6 nitrogen and oxygen atoms in total. The predicted molar refractivity (Wildman–Crippen MR) is 116 cm³/mol. The zero-order valence-corrected chi connectivity index (χ0v) is 18.8. The van der Waals surface area contributed by atoms with Gasteiger partial charge in [0.1, 0.15) is 5.75 Å². The summed E-state index contributed by atoms with van der Waals surface area (Å²) < 4.78 is 68.4. The third-order valence-electron chi connectivity index (χ3n) is 3.86. The maximum atomic E-state index is 13.6. The molecule has 31 heavy (non-hydrogen) atoms. The Hall–Kier alpha value is -2.64. The Morgan fingerprint density at radius 2 is 1.74 bits per heavy atom. The van der Waals surface area contributed by atoms with E-state index in [1.54, 1.807) is 24.1 Å². The van der Waals surface area contributed by atoms with Crippen LogP contribution in [0.3, 0.4) is 0 Å². The van der Waals surface area contributed by atoms with Crippen LogP contribution >= 0.6 is 24.0 Å². The van der Waals surface area contributed by atoms with E-state index in [4.69, 9.17) is 0 Å². The summed E-state index contributed by atoms with van der Waals surface area (Å²) in [6, 6.07) is 7.60. The number of nitrogens with one attached hydrogen (secondary N) is 2. The third kappa shape index (κ3) is 7.84. The zero-order valence-electron chi connectivity index (χ0n) is 16.5. The van der Waals surface area contributed by atoms with Gasteiger partial charge in [0.25, 0.3) is 0 Å². The first-order valence-electron chi connectivity index (χ1n) is 8.60. The Balaban J connectivity index is 0.00000480. The average molecular weight is 558 g/mol. The van der Waals surface area contributed by atoms with Crippen LogP contribution in [0.4, 0.5) is 27.6 Å². The highest BCUT2D eigenvalue weighted by molar-refractivity contribution is 14.0. The number of benzene rings is 2. The number of nitrogens with zero attached hydrogens (tertiary/aromatic N) is 2. The lowest BCUT2D eigenvalue weighted by Gasteiger charge is -2.22. The molecule has 0 aliphatic rings. The number of carbonyl (C=O) groups is 1. The van der Waals surface area contributed by atoms with Crippen LogP contribution in [0.2, 0.25) is 0 Å². The average Bonchev–Trinajstić information content (AvgIpc) is 2.70. The van der Waals surface area contributed by atoms with Gasteiger partial charge in [0, 0.05) is 20.6 Å². The molecule has 0 aromatic heterocycles. The first-order chi connectivity index (χ1) is 14.2. The van der Waals surface area contributed by atoms with E-state index in [0.717, 1.165) is 11.6 Å². The predicted octanol–water partition coefficient (Wildman–Crippen LogP) is 3.97. The lowest BCUT2D eigenvalue weighted by atomic mass is 10.2. The van der Waals surface area contributed by atoms with Crippen molar-refractivity contribution in [1.82, 2.24) is 10.2 Å². The Kier molecular flexibility index (Phi) is 10.4. The number of carbonyl (C=O) groups excluding carboxylic acids is 1. The molecule has 0 saturated heterocycles. The van der Waals surface area contributed by atoms with E-state index >= 15 is 0 Å². The largest absolute Gasteiger partial charge is 0.435 e. The quantitative estimate of drug-likeness (QED) is 0.178. The summed E-state index contributed by atoms with van der Waals surface area (Å²) in [5.74, 6) is -4.91. The standard InChI is InChI=1S/C19H19F5N4O2.HI/c1-25-19(28(2)10-11-3-5-12(6-4-11)30-18(23)24)26-9-15(29)27-14-8-7-13(20)16(21)17(14)22;/h3-8,18H,9-10H2,1-2H3,(H,25,26)(H,27,29);1H. The van der Waals surface area contributed by atoms with Crippen molar-refractivity contribution in [1.29, 1.82) is 0 Å². The fraction of sp³-hybridized carbons (Fsp3) is 0.263. The van der Waals surface area contributed by atoms with Crippen molar-refractivity contribution in [2.75, 3.05) is 26.0 Å². The molecule has 2 N–H and O–H groups in total. The summed E-state index contributed by atoms with van der Waals surface area (Å²) >= 11 is 0. The molecule has 0 aliphatic carbocycles. The Labute approximate surface area is 192 Å². The lowest BCUT2D eigenvalue weighted by Crippen LogP contribution is -2.42. The van der Waals surface area contributed by atoms with Crippen LogP contribution < -0.4 is 15.4 Å². The summed E-state index contributed by atoms with van der Waals surface area (Å²) in [5.41, 5.74) is 0.269. The van der Waals surface area contributed by atoms with Crippen LogP contribution in [-0.2, 0) is 11.3 Å². The smallest absolute Gasteiger partial charge is 0.387 e. The monoisotopic (exact) mass is 558 g/mol. The van der Waals surface area contributed by atoms with Gasteiger partial charge in [-0.25, -0.2) is 13.2 Å². The van der Waals surface area contributed by atoms with Gasteiger partial charge < -0.3 is 20.3 Å². The van der Waals surface area contributed by atoms with Gasteiger partial charge in [-0.05, 0) is 29.8 Å². The molecule has 0 radical (unpaired) electrons. The molecular weight excluding hydrogens is 538 g/mol. The normalized spacial score (nSPS) is 11.0. The zero-order chi connectivity index (χ0) is 22.3. The van der Waals surface area contributed by atoms with Crippen molar-refractivity contribution in [2.45, 2.75) is 13.2 Å². The summed E-state index contributed by atoms with van der Waals surface area (Å²) in [6.07, 6.45) is 0. The number of rotatable bonds is 7. The summed E-state index contributed by atoms with van der Waals surface area (Å²) in [6.45, 7) is -2.91. The summed E-state index contributed by atoms with van der Waals surface area (Å²) in [4.78, 5) is 17.6. The molecule has 0 saturated carbocycles. The molecule has 0 fully saturated rings. The second-order valence-corrected chi connectivity index (χ2v) is 6.05. The van der Waals surface area contributed by atoms with Crippen LogP contribution in [0.1, 0.15) is 5.56 Å². The third-order valence-corrected chi connectivity index (χ3v) is 3.86. The number of amides is 1. The molecule has 0 bridgehead atoms. The Bertz CT molecular complexity index is 913. The number of alkyl halides is 2. The van der Waals surface area contributed by atoms with Gasteiger partial charge in [-0.1, -0.05) is 12.1 Å². The van der Waals surface area contributed by atoms with Gasteiger partial charge in [-0.2, -0.15) is 8.78 Å². The molecule has 2 aromatic carbocycles. The van der Waals surface area contributed by atoms with Crippen molar-refractivity contribution in [3.8, 4) is 5.75 Å². The molecule has 2 aromatic rings. The molecular formula is C19H20F5IN4O2. The van der Waals surface area contributed by atoms with E-state index in [9.17, 15) is 26.7 Å². The SMILES string of the molecule is CN=C(NCC(=O)Nc1ccc(F)c(F)c1F)N(C)Cc1ccc(OC(F)F)cc1.I. The molecule has 12 heteroatoms. The molecule has 0 unspecified atom stereocenters. The van der Waals surface area contributed by atoms with Gasteiger partial charge in [-0.15, -0.1) is 24.0 Å². The second kappa shape index (κ2) is 12.3. The second-order valence-electron chi connectivity index (χ2n) is 6.05. The van der Waals surface area contributed by atoms with Crippen LogP contribution in [-0.4, -0.2) is 44.0 Å². The molecule has 0 spiro atoms. The van der Waals surface area contributed by atoms with Gasteiger partial charge in [0.05, 0.1) is 12.2 Å². The number of hydrogen-bond donors (Lipinski definition) is 2. The van der Waals surface area contributed by atoms with Crippen molar-refractivity contribution >= 4 is 41.5 Å². The minimum absolute atomic E-state index is 0. The van der Waals surface area contributed by atoms with Crippen LogP contribution in [0.25, 0.3) is 0 Å². The van der Waals surface area contributed by atoms with E-state index in [-0.39, 0.29) is 36.3 Å². The molecule has 170 valence electrons. The van der Waals surface area contributed by atoms with Crippen molar-refractivity contribution in [2.24, 2.45) is 4.99 Å². The first kappa shape index (κ1) is 26.4. The number of guanidine groups is 1. The molecule has 0 aliphatic heterocycles. The molecule has 1 amide bonds. The van der Waals surface area contributed by atoms with E-state index in [1.165, 1.54) is 19.2 Å². The fourth-order valence-electron chi connectivity index (χ4n) is 2.49. The highest BCUT2D eigenvalue weighted by Gasteiger charge is 2.16. The molecule has 2 rings (SSSR count). The minimum Gasteiger partial charge on any atom is -0.435 e. The van der Waals surface area contributed by atoms with Gasteiger partial charge in [-0.3, -0.25) is 9.79 Å². The number of halogens is 6. The van der Waals surface area contributed by atoms with Gasteiger partial charge >= 0.3 is 6.61 Å². The van der Waals surface area contributed by atoms with Crippen LogP contribution in [0, 0.1) is 17.5 Å². The Morgan fingerprint density at radius 3 is 2.32 bits per heavy atom. The van der Waals surface area contributed by atoms with Crippen molar-refractivity contribution < 1.29 is 31.5 Å². The van der Waals surface area contributed by atoms with Gasteiger partial charge in [0.15, 0.2) is 23.4 Å². The van der Waals surface area contributed by atoms with E-state index < -0.39 is 35.7 Å².